The topological polar surface area (TPSA) is 114 Å². The van der Waals surface area contributed by atoms with E-state index in [0.29, 0.717) is 34.6 Å². The number of aryl methyl sites for hydroxylation is 1. The Morgan fingerprint density at radius 2 is 2.07 bits per heavy atom. The minimum Gasteiger partial charge on any atom is -0.390 e. The second kappa shape index (κ2) is 8.99. The number of aliphatic hydroxyl groups excluding tert-OH is 1. The van der Waals surface area contributed by atoms with E-state index in [-0.39, 0.29) is 17.8 Å². The van der Waals surface area contributed by atoms with Crippen molar-refractivity contribution >= 4 is 35.0 Å². The van der Waals surface area contributed by atoms with Crippen LogP contribution in [-0.4, -0.2) is 45.9 Å². The second-order valence-electron chi connectivity index (χ2n) is 7.55. The second-order valence-corrected chi connectivity index (χ2v) is 8.96. The summed E-state index contributed by atoms with van der Waals surface area (Å²) in [7, 11) is 0. The minimum absolute atomic E-state index is 0.235. The summed E-state index contributed by atoms with van der Waals surface area (Å²) in [4.78, 5) is 16.1. The van der Waals surface area contributed by atoms with Crippen molar-refractivity contribution in [2.75, 3.05) is 30.4 Å². The van der Waals surface area contributed by atoms with Crippen LogP contribution < -0.4 is 16.4 Å². The highest BCUT2D eigenvalue weighted by molar-refractivity contribution is 7.99. The van der Waals surface area contributed by atoms with Gasteiger partial charge in [-0.15, -0.1) is 0 Å². The highest BCUT2D eigenvalue weighted by atomic mass is 35.5. The van der Waals surface area contributed by atoms with Crippen LogP contribution in [0.2, 0.25) is 5.02 Å². The molecule has 1 aliphatic heterocycles. The number of piperidine rings is 1. The van der Waals surface area contributed by atoms with E-state index in [0.717, 1.165) is 23.4 Å². The molecule has 3 rings (SSSR count). The summed E-state index contributed by atoms with van der Waals surface area (Å²) in [6, 6.07) is 1.29. The number of aromatic nitrogens is 3. The van der Waals surface area contributed by atoms with Gasteiger partial charge in [-0.25, -0.2) is 19.3 Å². The van der Waals surface area contributed by atoms with E-state index in [4.69, 9.17) is 28.1 Å². The molecule has 1 atom stereocenters. The molecular weight excluding hydrogens is 415 g/mol. The maximum atomic E-state index is 13.1. The number of nitrogen functional groups attached to an aromatic ring is 1. The Bertz CT molecular complexity index is 878. The first-order chi connectivity index (χ1) is 13.8. The SMILES string of the molecule is Cc1nc(N2CCC(C)([C@@H](N)CF)CC2)c(CO)nc1Sc1ccnc(N)c1Cl. The van der Waals surface area contributed by atoms with Crippen LogP contribution in [0.15, 0.2) is 22.2 Å². The number of aliphatic hydroxyl groups is 1. The fraction of sp³-hybridized carbons (Fsp3) is 0.526. The molecule has 5 N–H and O–H groups in total. The zero-order valence-electron chi connectivity index (χ0n) is 16.5. The number of alkyl halides is 1. The molecule has 158 valence electrons. The van der Waals surface area contributed by atoms with E-state index in [1.54, 1.807) is 12.3 Å². The van der Waals surface area contributed by atoms with Crippen LogP contribution in [0.4, 0.5) is 16.0 Å². The van der Waals surface area contributed by atoms with Crippen molar-refractivity contribution in [3.63, 3.8) is 0 Å². The van der Waals surface area contributed by atoms with Gasteiger partial charge in [-0.2, -0.15) is 0 Å². The first-order valence-corrected chi connectivity index (χ1v) is 10.6. The molecule has 10 heteroatoms. The average molecular weight is 441 g/mol. The third kappa shape index (κ3) is 4.58. The molecule has 7 nitrogen and oxygen atoms in total. The monoisotopic (exact) mass is 440 g/mol. The molecular formula is C19H26ClFN6OS. The maximum Gasteiger partial charge on any atom is 0.153 e. The van der Waals surface area contributed by atoms with Gasteiger partial charge in [0, 0.05) is 30.2 Å². The highest BCUT2D eigenvalue weighted by Gasteiger charge is 2.36. The first-order valence-electron chi connectivity index (χ1n) is 9.41. The van der Waals surface area contributed by atoms with Crippen molar-refractivity contribution in [1.29, 1.82) is 0 Å². The lowest BCUT2D eigenvalue weighted by Crippen LogP contribution is -2.49. The first kappa shape index (κ1) is 22.0. The van der Waals surface area contributed by atoms with E-state index in [1.165, 1.54) is 11.8 Å². The number of pyridine rings is 1. The summed E-state index contributed by atoms with van der Waals surface area (Å²) in [5, 5.41) is 10.9. The standard InChI is InChI=1S/C19H26ClFN6OS/c1-11-18(29-13-3-6-24-16(23)15(13)20)26-12(10-28)17(25-11)27-7-4-19(2,5-8-27)14(22)9-21/h3,6,14,28H,4-5,7-10,22H2,1-2H3,(H2,23,24)/t14-/m0/s1. The van der Waals surface area contributed by atoms with Gasteiger partial charge < -0.3 is 21.5 Å². The summed E-state index contributed by atoms with van der Waals surface area (Å²) in [5.74, 6) is 0.912. The summed E-state index contributed by atoms with van der Waals surface area (Å²) in [5.41, 5.74) is 12.7. The largest absolute Gasteiger partial charge is 0.390 e. The Balaban J connectivity index is 1.83. The highest BCUT2D eigenvalue weighted by Crippen LogP contribution is 2.38. The molecule has 0 saturated carbocycles. The van der Waals surface area contributed by atoms with Gasteiger partial charge in [0.25, 0.3) is 0 Å². The number of nitrogens with two attached hydrogens (primary N) is 2. The van der Waals surface area contributed by atoms with Crippen LogP contribution >= 0.6 is 23.4 Å². The van der Waals surface area contributed by atoms with Gasteiger partial charge in [-0.3, -0.25) is 0 Å². The fourth-order valence-electron chi connectivity index (χ4n) is 3.39. The third-order valence-electron chi connectivity index (χ3n) is 5.58. The van der Waals surface area contributed by atoms with Crippen molar-refractivity contribution < 1.29 is 9.50 Å². The molecule has 0 amide bonds. The van der Waals surface area contributed by atoms with Crippen molar-refractivity contribution in [2.45, 2.75) is 49.3 Å². The Labute approximate surface area is 179 Å². The van der Waals surface area contributed by atoms with Crippen molar-refractivity contribution in [3.05, 3.63) is 28.7 Å². The molecule has 0 spiro atoms. The van der Waals surface area contributed by atoms with Gasteiger partial charge in [0.2, 0.25) is 0 Å². The summed E-state index contributed by atoms with van der Waals surface area (Å²) in [6.07, 6.45) is 3.10. The van der Waals surface area contributed by atoms with Crippen LogP contribution in [0.3, 0.4) is 0 Å². The Hall–Kier alpha value is -1.68. The molecule has 3 heterocycles. The van der Waals surface area contributed by atoms with Crippen LogP contribution in [0, 0.1) is 12.3 Å². The molecule has 0 aromatic carbocycles. The fourth-order valence-corrected chi connectivity index (χ4v) is 4.50. The molecule has 0 aliphatic carbocycles. The van der Waals surface area contributed by atoms with Crippen molar-refractivity contribution in [3.8, 4) is 0 Å². The minimum atomic E-state index is -0.523. The van der Waals surface area contributed by atoms with Gasteiger partial charge in [-0.05, 0) is 31.2 Å². The molecule has 29 heavy (non-hydrogen) atoms. The molecule has 0 radical (unpaired) electrons. The third-order valence-corrected chi connectivity index (χ3v) is 7.23. The number of anilines is 2. The zero-order chi connectivity index (χ0) is 21.2. The Morgan fingerprint density at radius 1 is 1.38 bits per heavy atom. The molecule has 2 aromatic rings. The number of nitrogens with zero attached hydrogens (tertiary/aromatic N) is 4. The number of halogens is 2. The van der Waals surface area contributed by atoms with E-state index < -0.39 is 12.7 Å². The van der Waals surface area contributed by atoms with Gasteiger partial charge in [-0.1, -0.05) is 30.3 Å². The maximum absolute atomic E-state index is 13.1. The van der Waals surface area contributed by atoms with Crippen LogP contribution in [0.25, 0.3) is 0 Å². The number of hydrogen-bond donors (Lipinski definition) is 3. The Morgan fingerprint density at radius 3 is 2.69 bits per heavy atom. The summed E-state index contributed by atoms with van der Waals surface area (Å²) >= 11 is 7.57. The van der Waals surface area contributed by atoms with Gasteiger partial charge in [0.05, 0.1) is 17.3 Å². The quantitative estimate of drug-likeness (QED) is 0.628. The van der Waals surface area contributed by atoms with Crippen LogP contribution in [0.1, 0.15) is 31.2 Å². The van der Waals surface area contributed by atoms with Gasteiger partial charge >= 0.3 is 0 Å². The number of hydrogen-bond acceptors (Lipinski definition) is 8. The smallest absolute Gasteiger partial charge is 0.153 e. The lowest BCUT2D eigenvalue weighted by molar-refractivity contribution is 0.169. The van der Waals surface area contributed by atoms with E-state index >= 15 is 0 Å². The lowest BCUT2D eigenvalue weighted by Gasteiger charge is -2.42. The predicted molar refractivity (Wildman–Crippen MR) is 114 cm³/mol. The molecule has 0 unspecified atom stereocenters. The van der Waals surface area contributed by atoms with E-state index in [2.05, 4.69) is 14.9 Å². The summed E-state index contributed by atoms with van der Waals surface area (Å²) < 4.78 is 13.1. The van der Waals surface area contributed by atoms with Crippen LogP contribution in [0.5, 0.6) is 0 Å². The van der Waals surface area contributed by atoms with E-state index in [1.807, 2.05) is 13.8 Å². The molecule has 0 bridgehead atoms. The van der Waals surface area contributed by atoms with Crippen LogP contribution in [-0.2, 0) is 6.61 Å². The van der Waals surface area contributed by atoms with Gasteiger partial charge in [0.1, 0.15) is 23.2 Å². The predicted octanol–water partition coefficient (Wildman–Crippen LogP) is 2.96. The van der Waals surface area contributed by atoms with E-state index in [9.17, 15) is 9.50 Å². The molecule has 2 aromatic heterocycles. The molecule has 1 saturated heterocycles. The van der Waals surface area contributed by atoms with Gasteiger partial charge in [0.15, 0.2) is 5.82 Å². The van der Waals surface area contributed by atoms with Crippen molar-refractivity contribution in [2.24, 2.45) is 11.1 Å². The average Bonchev–Trinajstić information content (AvgIpc) is 2.72. The number of rotatable bonds is 6. The Kier molecular flexibility index (Phi) is 6.83. The molecule has 1 fully saturated rings. The zero-order valence-corrected chi connectivity index (χ0v) is 18.1. The van der Waals surface area contributed by atoms with Crippen molar-refractivity contribution in [1.82, 2.24) is 15.0 Å². The normalized spacial score (nSPS) is 17.4. The molecule has 1 aliphatic rings. The lowest BCUT2D eigenvalue weighted by atomic mass is 9.75. The summed E-state index contributed by atoms with van der Waals surface area (Å²) in [6.45, 7) is 4.51.